The summed E-state index contributed by atoms with van der Waals surface area (Å²) in [7, 11) is 0. The van der Waals surface area contributed by atoms with Crippen LogP contribution in [0.3, 0.4) is 0 Å². The summed E-state index contributed by atoms with van der Waals surface area (Å²) in [4.78, 5) is 12.3. The Morgan fingerprint density at radius 1 is 0.829 bits per heavy atom. The van der Waals surface area contributed by atoms with Gasteiger partial charge in [-0.1, -0.05) is 42.2 Å². The average Bonchev–Trinajstić information content (AvgIpc) is 3.30. The summed E-state index contributed by atoms with van der Waals surface area (Å²) in [6, 6.07) is 13.8. The summed E-state index contributed by atoms with van der Waals surface area (Å²) < 4.78 is 79.8. The van der Waals surface area contributed by atoms with Gasteiger partial charge in [0, 0.05) is 16.8 Å². The number of pyridine rings is 3. The minimum Gasteiger partial charge on any atom is -0.348 e. The summed E-state index contributed by atoms with van der Waals surface area (Å²) in [5.41, 5.74) is -2.60. The van der Waals surface area contributed by atoms with E-state index in [1.165, 1.54) is 18.2 Å². The summed E-state index contributed by atoms with van der Waals surface area (Å²) in [5, 5.41) is 3.47. The first-order chi connectivity index (χ1) is 15.9. The Balaban J connectivity index is 0.00000342. The quantitative estimate of drug-likeness (QED) is 0.207. The molecule has 0 aromatic carbocycles. The molecule has 4 aromatic rings. The van der Waals surface area contributed by atoms with Gasteiger partial charge in [-0.3, -0.25) is 10.1 Å². The van der Waals surface area contributed by atoms with Crippen molar-refractivity contribution in [2.45, 2.75) is 31.6 Å². The molecule has 0 radical (unpaired) electrons. The molecule has 0 aliphatic heterocycles. The summed E-state index contributed by atoms with van der Waals surface area (Å²) in [6.07, 6.45) is -5.92. The predicted octanol–water partition coefficient (Wildman–Crippen LogP) is 5.69. The maximum atomic E-state index is 13.4. The van der Waals surface area contributed by atoms with Crippen LogP contribution in [0, 0.1) is 12.3 Å². The van der Waals surface area contributed by atoms with E-state index < -0.39 is 29.2 Å². The molecular formula is C23H15F6N5Pt. The van der Waals surface area contributed by atoms with Gasteiger partial charge in [0.05, 0.1) is 17.2 Å². The molecule has 4 heterocycles. The predicted molar refractivity (Wildman–Crippen MR) is 109 cm³/mol. The first-order valence-corrected chi connectivity index (χ1v) is 9.82. The molecule has 4 aromatic heterocycles. The number of nitrogens with zero attached hydrogens (tertiary/aromatic N) is 5. The summed E-state index contributed by atoms with van der Waals surface area (Å²) in [5.74, 6) is 0.0946. The van der Waals surface area contributed by atoms with Crippen molar-refractivity contribution in [3.8, 4) is 17.1 Å². The monoisotopic (exact) mass is 670 g/mol. The Morgan fingerprint density at radius 3 is 2.11 bits per heavy atom. The molecule has 0 fully saturated rings. The molecule has 4 rings (SSSR count). The molecule has 12 heteroatoms. The van der Waals surface area contributed by atoms with E-state index in [0.29, 0.717) is 17.5 Å². The van der Waals surface area contributed by atoms with E-state index in [4.69, 9.17) is 0 Å². The molecule has 5 nitrogen and oxygen atoms in total. The Kier molecular flexibility index (Phi) is 7.22. The second-order valence-corrected chi connectivity index (χ2v) is 7.79. The fourth-order valence-electron chi connectivity index (χ4n) is 3.26. The molecule has 0 saturated heterocycles. The normalized spacial score (nSPS) is 12.3. The Labute approximate surface area is 210 Å². The van der Waals surface area contributed by atoms with Gasteiger partial charge in [0.1, 0.15) is 0 Å². The van der Waals surface area contributed by atoms with Crippen molar-refractivity contribution in [1.29, 1.82) is 0 Å². The Hall–Kier alpha value is -3.07. The van der Waals surface area contributed by atoms with Crippen LogP contribution in [0.25, 0.3) is 17.1 Å². The summed E-state index contributed by atoms with van der Waals surface area (Å²) in [6.45, 7) is 3.49. The van der Waals surface area contributed by atoms with Gasteiger partial charge in [-0.15, -0.1) is 18.2 Å². The molecule has 0 N–H and O–H groups in total. The van der Waals surface area contributed by atoms with Gasteiger partial charge in [-0.2, -0.15) is 26.3 Å². The van der Waals surface area contributed by atoms with Crippen molar-refractivity contribution in [3.05, 3.63) is 89.8 Å². The second kappa shape index (κ2) is 9.53. The van der Waals surface area contributed by atoms with Crippen molar-refractivity contribution in [3.63, 3.8) is 0 Å². The SMILES string of the molecule is CC(C)(c1cccc(-c2[c-]ccnc2C(F)(F)F)n1)c1cccc(-n2[c-]cc(C(F)(F)F)n2)n1.[Pt+2]. The van der Waals surface area contributed by atoms with Crippen molar-refractivity contribution in [2.24, 2.45) is 0 Å². The van der Waals surface area contributed by atoms with Crippen molar-refractivity contribution < 1.29 is 47.4 Å². The molecule has 0 aliphatic carbocycles. The van der Waals surface area contributed by atoms with Crippen LogP contribution >= 0.6 is 0 Å². The molecule has 35 heavy (non-hydrogen) atoms. The fraction of sp³-hybridized carbons (Fsp3) is 0.217. The van der Waals surface area contributed by atoms with Crippen LogP contribution in [0.4, 0.5) is 26.3 Å². The third-order valence-corrected chi connectivity index (χ3v) is 5.07. The van der Waals surface area contributed by atoms with Crippen LogP contribution in [-0.2, 0) is 38.8 Å². The molecule has 0 bridgehead atoms. The Bertz CT molecular complexity index is 1330. The van der Waals surface area contributed by atoms with Crippen LogP contribution in [0.15, 0.2) is 54.7 Å². The minimum absolute atomic E-state index is 0. The van der Waals surface area contributed by atoms with Gasteiger partial charge in [0.25, 0.3) is 0 Å². The van der Waals surface area contributed by atoms with E-state index in [1.54, 1.807) is 38.1 Å². The van der Waals surface area contributed by atoms with E-state index in [9.17, 15) is 26.3 Å². The van der Waals surface area contributed by atoms with Crippen molar-refractivity contribution >= 4 is 0 Å². The third kappa shape index (κ3) is 5.45. The molecular weight excluding hydrogens is 655 g/mol. The molecule has 184 valence electrons. The molecule has 0 saturated carbocycles. The largest absolute Gasteiger partial charge is 2.00 e. The third-order valence-electron chi connectivity index (χ3n) is 5.07. The average molecular weight is 670 g/mol. The van der Waals surface area contributed by atoms with E-state index in [2.05, 4.69) is 32.3 Å². The smallest absolute Gasteiger partial charge is 0.348 e. The van der Waals surface area contributed by atoms with Gasteiger partial charge >= 0.3 is 33.4 Å². The van der Waals surface area contributed by atoms with Crippen molar-refractivity contribution in [2.75, 3.05) is 0 Å². The number of rotatable bonds is 4. The van der Waals surface area contributed by atoms with Gasteiger partial charge in [0.15, 0.2) is 0 Å². The van der Waals surface area contributed by atoms with Gasteiger partial charge in [-0.05, 0) is 31.7 Å². The zero-order valence-corrected chi connectivity index (χ0v) is 20.3. The minimum atomic E-state index is -4.69. The maximum Gasteiger partial charge on any atom is 2.00 e. The van der Waals surface area contributed by atoms with Gasteiger partial charge in [0.2, 0.25) is 0 Å². The number of hydrogen-bond donors (Lipinski definition) is 0. The number of alkyl halides is 6. The molecule has 0 atom stereocenters. The summed E-state index contributed by atoms with van der Waals surface area (Å²) >= 11 is 0. The first-order valence-electron chi connectivity index (χ1n) is 9.82. The Morgan fingerprint density at radius 2 is 1.49 bits per heavy atom. The van der Waals surface area contributed by atoms with Crippen LogP contribution in [0.2, 0.25) is 0 Å². The number of aromatic nitrogens is 5. The van der Waals surface area contributed by atoms with E-state index >= 15 is 0 Å². The maximum absolute atomic E-state index is 13.4. The molecule has 0 unspecified atom stereocenters. The zero-order valence-electron chi connectivity index (χ0n) is 18.0. The topological polar surface area (TPSA) is 56.5 Å². The van der Waals surface area contributed by atoms with Crippen LogP contribution < -0.4 is 0 Å². The van der Waals surface area contributed by atoms with E-state index in [0.717, 1.165) is 10.9 Å². The fourth-order valence-corrected chi connectivity index (χ4v) is 3.26. The van der Waals surface area contributed by atoms with Crippen LogP contribution in [0.1, 0.15) is 36.6 Å². The van der Waals surface area contributed by atoms with E-state index in [-0.39, 0.29) is 38.1 Å². The zero-order chi connectivity index (χ0) is 24.7. The van der Waals surface area contributed by atoms with Gasteiger partial charge in [-0.25, -0.2) is 0 Å². The molecule has 0 spiro atoms. The number of hydrogen-bond acceptors (Lipinski definition) is 4. The standard InChI is InChI=1S/C23H15F6N5.Pt/c1-21(2,17-9-4-10-19(32-17)34-13-11-18(33-34)22(24,25)26)16-8-3-7-15(31-16)14-6-5-12-30-20(14)23(27,28)29;/h3-5,7-12H,1-2H3;/q-2;+2. The van der Waals surface area contributed by atoms with Crippen LogP contribution in [0.5, 0.6) is 0 Å². The van der Waals surface area contributed by atoms with Crippen molar-refractivity contribution in [1.82, 2.24) is 24.7 Å². The second-order valence-electron chi connectivity index (χ2n) is 7.79. The molecule has 0 aliphatic rings. The van der Waals surface area contributed by atoms with E-state index in [1.807, 2.05) is 0 Å². The first kappa shape index (κ1) is 26.5. The van der Waals surface area contributed by atoms with Gasteiger partial charge < -0.3 is 14.6 Å². The molecule has 0 amide bonds. The number of halogens is 6. The van der Waals surface area contributed by atoms with Crippen LogP contribution in [-0.4, -0.2) is 24.7 Å².